The summed E-state index contributed by atoms with van der Waals surface area (Å²) >= 11 is 3.36. The molecule has 0 aromatic heterocycles. The lowest BCUT2D eigenvalue weighted by atomic mass is 10.1. The summed E-state index contributed by atoms with van der Waals surface area (Å²) in [4.78, 5) is 14.6. The molecule has 1 heterocycles. The zero-order chi connectivity index (χ0) is 14.7. The molecule has 2 rings (SSSR count). The van der Waals surface area contributed by atoms with Crippen LogP contribution in [0.2, 0.25) is 0 Å². The van der Waals surface area contributed by atoms with Crippen molar-refractivity contribution in [2.75, 3.05) is 25.4 Å². The van der Waals surface area contributed by atoms with Gasteiger partial charge >= 0.3 is 0 Å². The van der Waals surface area contributed by atoms with Crippen LogP contribution < -0.4 is 11.1 Å². The number of carbonyl (C=O) groups is 1. The number of benzene rings is 1. The van der Waals surface area contributed by atoms with E-state index in [9.17, 15) is 4.79 Å². The molecule has 1 aromatic rings. The number of nitrogens with one attached hydrogen (secondary N) is 1. The number of nitrogens with zero attached hydrogens (tertiary/aromatic N) is 1. The minimum absolute atomic E-state index is 0.0546. The van der Waals surface area contributed by atoms with Crippen LogP contribution in [-0.2, 0) is 0 Å². The van der Waals surface area contributed by atoms with Crippen molar-refractivity contribution in [1.29, 1.82) is 0 Å². The van der Waals surface area contributed by atoms with Crippen molar-refractivity contribution >= 4 is 27.5 Å². The van der Waals surface area contributed by atoms with Crippen molar-refractivity contribution in [3.05, 3.63) is 28.2 Å². The molecule has 4 nitrogen and oxygen atoms in total. The van der Waals surface area contributed by atoms with Crippen molar-refractivity contribution in [1.82, 2.24) is 10.2 Å². The van der Waals surface area contributed by atoms with Crippen molar-refractivity contribution in [2.24, 2.45) is 5.92 Å². The lowest BCUT2D eigenvalue weighted by Crippen LogP contribution is -2.33. The fourth-order valence-corrected chi connectivity index (χ4v) is 3.09. The number of hydrogen-bond donors (Lipinski definition) is 2. The number of halogens is 1. The van der Waals surface area contributed by atoms with Crippen LogP contribution >= 0.6 is 15.9 Å². The average Bonchev–Trinajstić information content (AvgIpc) is 2.83. The van der Waals surface area contributed by atoms with Crippen molar-refractivity contribution in [2.45, 2.75) is 26.3 Å². The number of rotatable bonds is 4. The highest BCUT2D eigenvalue weighted by Crippen LogP contribution is 2.19. The molecule has 1 atom stereocenters. The lowest BCUT2D eigenvalue weighted by molar-refractivity contribution is 0.0947. The molecular weight excluding hydrogens is 318 g/mol. The van der Waals surface area contributed by atoms with Crippen LogP contribution in [0.15, 0.2) is 22.7 Å². The van der Waals surface area contributed by atoms with Gasteiger partial charge in [0.15, 0.2) is 0 Å². The molecule has 0 aliphatic carbocycles. The van der Waals surface area contributed by atoms with Crippen molar-refractivity contribution in [3.63, 3.8) is 0 Å². The molecule has 1 fully saturated rings. The van der Waals surface area contributed by atoms with Gasteiger partial charge < -0.3 is 16.0 Å². The van der Waals surface area contributed by atoms with Gasteiger partial charge in [-0.2, -0.15) is 0 Å². The summed E-state index contributed by atoms with van der Waals surface area (Å²) in [6.07, 6.45) is 1.15. The van der Waals surface area contributed by atoms with Gasteiger partial charge in [-0.1, -0.05) is 15.9 Å². The number of likely N-dealkylation sites (tertiary alicyclic amines) is 1. The highest BCUT2D eigenvalue weighted by molar-refractivity contribution is 9.10. The zero-order valence-corrected chi connectivity index (χ0v) is 13.6. The average molecular weight is 340 g/mol. The molecule has 1 amide bonds. The molecule has 1 aliphatic heterocycles. The van der Waals surface area contributed by atoms with Crippen LogP contribution in [0.5, 0.6) is 0 Å². The van der Waals surface area contributed by atoms with Gasteiger partial charge in [0.1, 0.15) is 0 Å². The molecule has 1 saturated heterocycles. The van der Waals surface area contributed by atoms with E-state index in [2.05, 4.69) is 40.0 Å². The molecule has 1 aromatic carbocycles. The van der Waals surface area contributed by atoms with E-state index in [1.807, 2.05) is 0 Å². The van der Waals surface area contributed by atoms with Gasteiger partial charge in [-0.05, 0) is 50.9 Å². The quantitative estimate of drug-likeness (QED) is 0.828. The van der Waals surface area contributed by atoms with Crippen molar-refractivity contribution < 1.29 is 4.79 Å². The van der Waals surface area contributed by atoms with Gasteiger partial charge in [-0.25, -0.2) is 0 Å². The Labute approximate surface area is 128 Å². The molecule has 0 saturated carbocycles. The molecule has 20 heavy (non-hydrogen) atoms. The Morgan fingerprint density at radius 3 is 2.85 bits per heavy atom. The fraction of sp³-hybridized carbons (Fsp3) is 0.533. The Morgan fingerprint density at radius 1 is 1.50 bits per heavy atom. The first-order valence-corrected chi connectivity index (χ1v) is 7.83. The Balaban J connectivity index is 1.87. The summed E-state index contributed by atoms with van der Waals surface area (Å²) in [5, 5.41) is 3.01. The van der Waals surface area contributed by atoms with Crippen molar-refractivity contribution in [3.8, 4) is 0 Å². The van der Waals surface area contributed by atoms with E-state index >= 15 is 0 Å². The number of amides is 1. The van der Waals surface area contributed by atoms with Gasteiger partial charge in [-0.3, -0.25) is 4.79 Å². The minimum atomic E-state index is -0.0546. The fourth-order valence-electron chi connectivity index (χ4n) is 2.58. The summed E-state index contributed by atoms with van der Waals surface area (Å²) in [6, 6.07) is 5.87. The first kappa shape index (κ1) is 15.3. The number of carbonyl (C=O) groups excluding carboxylic acids is 1. The van der Waals surface area contributed by atoms with E-state index < -0.39 is 0 Å². The Bertz CT molecular complexity index is 470. The first-order valence-electron chi connectivity index (χ1n) is 7.04. The van der Waals surface area contributed by atoms with Crippen LogP contribution in [0, 0.1) is 5.92 Å². The maximum absolute atomic E-state index is 12.1. The van der Waals surface area contributed by atoms with Gasteiger partial charge in [0, 0.05) is 34.9 Å². The Kier molecular flexibility index (Phi) is 5.05. The minimum Gasteiger partial charge on any atom is -0.399 e. The largest absolute Gasteiger partial charge is 0.399 e. The predicted molar refractivity (Wildman–Crippen MR) is 85.7 cm³/mol. The molecule has 1 aliphatic rings. The van der Waals surface area contributed by atoms with Gasteiger partial charge in [0.05, 0.1) is 0 Å². The number of nitrogen functional groups attached to an aromatic ring is 1. The topological polar surface area (TPSA) is 58.4 Å². The highest BCUT2D eigenvalue weighted by Gasteiger charge is 2.24. The van der Waals surface area contributed by atoms with Gasteiger partial charge in [-0.15, -0.1) is 0 Å². The SMILES string of the molecule is CC(C)N1CCC(CNC(=O)c2cc(N)cc(Br)c2)C1. The third kappa shape index (κ3) is 3.96. The molecule has 0 radical (unpaired) electrons. The first-order chi connectivity index (χ1) is 9.45. The molecule has 3 N–H and O–H groups in total. The Morgan fingerprint density at radius 2 is 2.25 bits per heavy atom. The van der Waals surface area contributed by atoms with Crippen LogP contribution in [0.4, 0.5) is 5.69 Å². The van der Waals surface area contributed by atoms with E-state index in [0.717, 1.165) is 30.5 Å². The van der Waals surface area contributed by atoms with E-state index in [0.29, 0.717) is 23.2 Å². The van der Waals surface area contributed by atoms with E-state index in [1.165, 1.54) is 0 Å². The zero-order valence-electron chi connectivity index (χ0n) is 12.0. The summed E-state index contributed by atoms with van der Waals surface area (Å²) in [5.41, 5.74) is 6.95. The van der Waals surface area contributed by atoms with E-state index in [4.69, 9.17) is 5.73 Å². The smallest absolute Gasteiger partial charge is 0.251 e. The normalized spacial score (nSPS) is 19.5. The summed E-state index contributed by atoms with van der Waals surface area (Å²) < 4.78 is 0.828. The Hall–Kier alpha value is -1.07. The standard InChI is InChI=1S/C15H22BrN3O/c1-10(2)19-4-3-11(9-19)8-18-15(20)12-5-13(16)7-14(17)6-12/h5-7,10-11H,3-4,8-9,17H2,1-2H3,(H,18,20). The highest BCUT2D eigenvalue weighted by atomic mass is 79.9. The number of nitrogens with two attached hydrogens (primary N) is 1. The van der Waals surface area contributed by atoms with Crippen LogP contribution in [0.1, 0.15) is 30.6 Å². The van der Waals surface area contributed by atoms with E-state index in [-0.39, 0.29) is 5.91 Å². The number of anilines is 1. The third-order valence-corrected chi connectivity index (χ3v) is 4.24. The van der Waals surface area contributed by atoms with Gasteiger partial charge in [0.25, 0.3) is 5.91 Å². The summed E-state index contributed by atoms with van der Waals surface area (Å²) in [6.45, 7) is 7.35. The lowest BCUT2D eigenvalue weighted by Gasteiger charge is -2.20. The third-order valence-electron chi connectivity index (χ3n) is 3.78. The van der Waals surface area contributed by atoms with Crippen LogP contribution in [0.25, 0.3) is 0 Å². The van der Waals surface area contributed by atoms with Crippen LogP contribution in [-0.4, -0.2) is 36.5 Å². The molecule has 0 bridgehead atoms. The maximum atomic E-state index is 12.1. The molecular formula is C15H22BrN3O. The number of hydrogen-bond acceptors (Lipinski definition) is 3. The molecule has 5 heteroatoms. The second-order valence-electron chi connectivity index (χ2n) is 5.73. The maximum Gasteiger partial charge on any atom is 0.251 e. The van der Waals surface area contributed by atoms with E-state index in [1.54, 1.807) is 18.2 Å². The second kappa shape index (κ2) is 6.59. The second-order valence-corrected chi connectivity index (χ2v) is 6.64. The van der Waals surface area contributed by atoms with Gasteiger partial charge in [0.2, 0.25) is 0 Å². The molecule has 110 valence electrons. The summed E-state index contributed by atoms with van der Waals surface area (Å²) in [7, 11) is 0. The monoisotopic (exact) mass is 339 g/mol. The summed E-state index contributed by atoms with van der Waals surface area (Å²) in [5.74, 6) is 0.492. The van der Waals surface area contributed by atoms with Crippen LogP contribution in [0.3, 0.4) is 0 Å². The molecule has 1 unspecified atom stereocenters. The predicted octanol–water partition coefficient (Wildman–Crippen LogP) is 2.49. The molecule has 0 spiro atoms.